The SMILES string of the molecule is CCN1CCN(CCNC(=NC)NCC2(c3ccccc3Br)CC2)CC1. The highest BCUT2D eigenvalue weighted by atomic mass is 79.9. The van der Waals surface area contributed by atoms with E-state index < -0.39 is 0 Å². The Balaban J connectivity index is 1.41. The van der Waals surface area contributed by atoms with Gasteiger partial charge in [0.15, 0.2) is 5.96 Å². The van der Waals surface area contributed by atoms with Crippen molar-refractivity contribution in [3.05, 3.63) is 34.3 Å². The molecule has 0 radical (unpaired) electrons. The molecular weight excluding hydrogens is 390 g/mol. The number of guanidine groups is 1. The van der Waals surface area contributed by atoms with Gasteiger partial charge in [0, 0.05) is 62.7 Å². The first-order chi connectivity index (χ1) is 12.7. The molecule has 0 atom stereocenters. The van der Waals surface area contributed by atoms with Crippen molar-refractivity contribution in [2.45, 2.75) is 25.2 Å². The van der Waals surface area contributed by atoms with Gasteiger partial charge in [-0.3, -0.25) is 9.89 Å². The van der Waals surface area contributed by atoms with E-state index >= 15 is 0 Å². The van der Waals surface area contributed by atoms with E-state index in [1.54, 1.807) is 0 Å². The van der Waals surface area contributed by atoms with Crippen molar-refractivity contribution in [3.63, 3.8) is 0 Å². The molecule has 26 heavy (non-hydrogen) atoms. The van der Waals surface area contributed by atoms with E-state index in [2.05, 4.69) is 72.5 Å². The Labute approximate surface area is 166 Å². The van der Waals surface area contributed by atoms with Crippen molar-refractivity contribution in [1.82, 2.24) is 20.4 Å². The lowest BCUT2D eigenvalue weighted by Crippen LogP contribution is -2.49. The highest BCUT2D eigenvalue weighted by Gasteiger charge is 2.45. The molecule has 1 saturated carbocycles. The molecule has 2 fully saturated rings. The van der Waals surface area contributed by atoms with Gasteiger partial charge in [0.25, 0.3) is 0 Å². The van der Waals surface area contributed by atoms with Crippen LogP contribution in [0.4, 0.5) is 0 Å². The maximum atomic E-state index is 4.40. The predicted molar refractivity (Wildman–Crippen MR) is 113 cm³/mol. The molecule has 1 aliphatic carbocycles. The van der Waals surface area contributed by atoms with Crippen LogP contribution in [0.5, 0.6) is 0 Å². The highest BCUT2D eigenvalue weighted by molar-refractivity contribution is 9.10. The van der Waals surface area contributed by atoms with Crippen molar-refractivity contribution in [3.8, 4) is 0 Å². The van der Waals surface area contributed by atoms with Crippen LogP contribution in [0.3, 0.4) is 0 Å². The minimum Gasteiger partial charge on any atom is -0.356 e. The zero-order chi connectivity index (χ0) is 18.4. The summed E-state index contributed by atoms with van der Waals surface area (Å²) in [5, 5.41) is 7.02. The smallest absolute Gasteiger partial charge is 0.191 e. The Bertz CT molecular complexity index is 606. The van der Waals surface area contributed by atoms with Crippen LogP contribution < -0.4 is 10.6 Å². The van der Waals surface area contributed by atoms with Crippen LogP contribution in [-0.2, 0) is 5.41 Å². The number of nitrogens with zero attached hydrogens (tertiary/aromatic N) is 3. The van der Waals surface area contributed by atoms with Gasteiger partial charge in [-0.2, -0.15) is 0 Å². The van der Waals surface area contributed by atoms with E-state index in [4.69, 9.17) is 0 Å². The molecular formula is C20H32BrN5. The van der Waals surface area contributed by atoms with Gasteiger partial charge in [-0.25, -0.2) is 0 Å². The molecule has 0 aromatic heterocycles. The van der Waals surface area contributed by atoms with Crippen molar-refractivity contribution in [1.29, 1.82) is 0 Å². The summed E-state index contributed by atoms with van der Waals surface area (Å²) in [7, 11) is 1.85. The van der Waals surface area contributed by atoms with E-state index in [-0.39, 0.29) is 5.41 Å². The summed E-state index contributed by atoms with van der Waals surface area (Å²) in [6.45, 7) is 11.1. The van der Waals surface area contributed by atoms with Crippen LogP contribution in [0.15, 0.2) is 33.7 Å². The highest BCUT2D eigenvalue weighted by Crippen LogP contribution is 2.49. The van der Waals surface area contributed by atoms with Gasteiger partial charge in [-0.1, -0.05) is 41.1 Å². The first-order valence-electron chi connectivity index (χ1n) is 9.81. The molecule has 0 spiro atoms. The van der Waals surface area contributed by atoms with Crippen LogP contribution in [0.1, 0.15) is 25.3 Å². The van der Waals surface area contributed by atoms with Crippen molar-refractivity contribution < 1.29 is 0 Å². The van der Waals surface area contributed by atoms with E-state index in [1.165, 1.54) is 55.6 Å². The summed E-state index contributed by atoms with van der Waals surface area (Å²) in [4.78, 5) is 9.45. The number of aliphatic imine (C=N–C) groups is 1. The fourth-order valence-electron chi connectivity index (χ4n) is 3.72. The average Bonchev–Trinajstić information content (AvgIpc) is 3.46. The molecule has 1 aromatic rings. The zero-order valence-electron chi connectivity index (χ0n) is 16.1. The lowest BCUT2D eigenvalue weighted by Gasteiger charge is -2.34. The van der Waals surface area contributed by atoms with Gasteiger partial charge < -0.3 is 15.5 Å². The summed E-state index contributed by atoms with van der Waals surface area (Å²) in [6.07, 6.45) is 2.47. The third-order valence-electron chi connectivity index (χ3n) is 5.75. The molecule has 1 aliphatic heterocycles. The van der Waals surface area contributed by atoms with E-state index in [0.29, 0.717) is 0 Å². The predicted octanol–water partition coefficient (Wildman–Crippen LogP) is 2.28. The van der Waals surface area contributed by atoms with Crippen molar-refractivity contribution >= 4 is 21.9 Å². The molecule has 2 N–H and O–H groups in total. The lowest BCUT2D eigenvalue weighted by atomic mass is 9.96. The number of nitrogens with one attached hydrogen (secondary N) is 2. The molecule has 1 aromatic carbocycles. The van der Waals surface area contributed by atoms with Crippen molar-refractivity contribution in [2.24, 2.45) is 4.99 Å². The van der Waals surface area contributed by atoms with E-state index in [9.17, 15) is 0 Å². The second-order valence-corrected chi connectivity index (χ2v) is 8.24. The lowest BCUT2D eigenvalue weighted by molar-refractivity contribution is 0.139. The number of benzene rings is 1. The second-order valence-electron chi connectivity index (χ2n) is 7.39. The summed E-state index contributed by atoms with van der Waals surface area (Å²) in [5.74, 6) is 0.913. The Morgan fingerprint density at radius 1 is 1.12 bits per heavy atom. The fourth-order valence-corrected chi connectivity index (χ4v) is 4.42. The first-order valence-corrected chi connectivity index (χ1v) is 10.6. The molecule has 0 amide bonds. The number of hydrogen-bond acceptors (Lipinski definition) is 3. The summed E-state index contributed by atoms with van der Waals surface area (Å²) in [5.41, 5.74) is 1.67. The Morgan fingerprint density at radius 2 is 1.81 bits per heavy atom. The molecule has 2 aliphatic rings. The number of likely N-dealkylation sites (N-methyl/N-ethyl adjacent to an activating group) is 1. The molecule has 6 heteroatoms. The van der Waals surface area contributed by atoms with Crippen LogP contribution >= 0.6 is 15.9 Å². The van der Waals surface area contributed by atoms with Crippen molar-refractivity contribution in [2.75, 3.05) is 59.4 Å². The normalized spacial score (nSPS) is 20.8. The van der Waals surface area contributed by atoms with E-state index in [1.807, 2.05) is 7.05 Å². The van der Waals surface area contributed by atoms with Gasteiger partial charge in [0.05, 0.1) is 0 Å². The molecule has 5 nitrogen and oxygen atoms in total. The number of hydrogen-bond donors (Lipinski definition) is 2. The maximum absolute atomic E-state index is 4.40. The Morgan fingerprint density at radius 3 is 2.42 bits per heavy atom. The van der Waals surface area contributed by atoms with Gasteiger partial charge in [0.1, 0.15) is 0 Å². The van der Waals surface area contributed by atoms with Crippen LogP contribution in [-0.4, -0.2) is 75.2 Å². The molecule has 1 heterocycles. The third-order valence-corrected chi connectivity index (χ3v) is 6.44. The molecule has 0 bridgehead atoms. The van der Waals surface area contributed by atoms with Gasteiger partial charge in [-0.05, 0) is 31.0 Å². The summed E-state index contributed by atoms with van der Waals surface area (Å²) >= 11 is 3.71. The molecule has 3 rings (SSSR count). The minimum absolute atomic E-state index is 0.258. The van der Waals surface area contributed by atoms with E-state index in [0.717, 1.165) is 25.6 Å². The zero-order valence-corrected chi connectivity index (χ0v) is 17.7. The second kappa shape index (κ2) is 9.20. The van der Waals surface area contributed by atoms with Gasteiger partial charge in [-0.15, -0.1) is 0 Å². The Kier molecular flexibility index (Phi) is 6.95. The third kappa shape index (κ3) is 4.99. The summed E-state index contributed by atoms with van der Waals surface area (Å²) in [6, 6.07) is 8.59. The van der Waals surface area contributed by atoms with Crippen LogP contribution in [0.2, 0.25) is 0 Å². The van der Waals surface area contributed by atoms with Gasteiger partial charge >= 0.3 is 0 Å². The molecule has 0 unspecified atom stereocenters. The average molecular weight is 422 g/mol. The monoisotopic (exact) mass is 421 g/mol. The molecule has 144 valence electrons. The Hall–Kier alpha value is -1.11. The molecule has 1 saturated heterocycles. The van der Waals surface area contributed by atoms with Crippen LogP contribution in [0.25, 0.3) is 0 Å². The maximum Gasteiger partial charge on any atom is 0.191 e. The number of rotatable bonds is 7. The first kappa shape index (κ1) is 19.6. The quantitative estimate of drug-likeness (QED) is 0.523. The topological polar surface area (TPSA) is 42.9 Å². The standard InChI is InChI=1S/C20H32BrN5/c1-3-25-12-14-26(15-13-25)11-10-23-19(22-2)24-16-20(8-9-20)17-6-4-5-7-18(17)21/h4-7H,3,8-16H2,1-2H3,(H2,22,23,24). The van der Waals surface area contributed by atoms with Crippen LogP contribution in [0, 0.1) is 0 Å². The number of piperazine rings is 1. The largest absolute Gasteiger partial charge is 0.356 e. The van der Waals surface area contributed by atoms with Gasteiger partial charge in [0.2, 0.25) is 0 Å². The minimum atomic E-state index is 0.258. The number of halogens is 1. The fraction of sp³-hybridized carbons (Fsp3) is 0.650. The summed E-state index contributed by atoms with van der Waals surface area (Å²) < 4.78 is 1.22.